The van der Waals surface area contributed by atoms with Crippen molar-refractivity contribution in [1.29, 1.82) is 0 Å². The number of nitrogens with zero attached hydrogens (tertiary/aromatic N) is 1. The average Bonchev–Trinajstić information content (AvgIpc) is 2.70. The number of aliphatic hydroxyl groups excluding tert-OH is 1. The van der Waals surface area contributed by atoms with Gasteiger partial charge in [-0.15, -0.1) is 0 Å². The van der Waals surface area contributed by atoms with Crippen LogP contribution in [0.5, 0.6) is 0 Å². The number of halogens is 1. The van der Waals surface area contributed by atoms with E-state index in [1.807, 2.05) is 27.1 Å². The van der Waals surface area contributed by atoms with Crippen LogP contribution in [0, 0.1) is 5.41 Å². The summed E-state index contributed by atoms with van der Waals surface area (Å²) in [6, 6.07) is 1.79. The van der Waals surface area contributed by atoms with E-state index < -0.39 is 0 Å². The van der Waals surface area contributed by atoms with E-state index in [0.717, 1.165) is 17.3 Å². The van der Waals surface area contributed by atoms with E-state index in [4.69, 9.17) is 0 Å². The van der Waals surface area contributed by atoms with E-state index >= 15 is 0 Å². The topological polar surface area (TPSA) is 54.3 Å². The first kappa shape index (κ1) is 15.2. The molecule has 0 aliphatic carbocycles. The summed E-state index contributed by atoms with van der Waals surface area (Å²) in [5.41, 5.74) is 0.402. The number of amides is 1. The van der Waals surface area contributed by atoms with E-state index in [-0.39, 0.29) is 17.9 Å². The van der Waals surface area contributed by atoms with Crippen LogP contribution >= 0.6 is 15.9 Å². The standard InChI is InChI=1S/C13H21BrN2O2/c1-4-13(5-2,9-17)8-15-12(18)11-6-10(14)7-16(11)3/h6-7,17H,4-5,8-9H2,1-3H3,(H,15,18). The van der Waals surface area contributed by atoms with Crippen LogP contribution in [0.25, 0.3) is 0 Å². The Labute approximate surface area is 117 Å². The predicted octanol–water partition coefficient (Wildman–Crippen LogP) is 2.32. The van der Waals surface area contributed by atoms with Crippen LogP contribution in [0.1, 0.15) is 37.2 Å². The van der Waals surface area contributed by atoms with Gasteiger partial charge in [0.15, 0.2) is 0 Å². The van der Waals surface area contributed by atoms with Crippen molar-refractivity contribution in [3.05, 3.63) is 22.4 Å². The van der Waals surface area contributed by atoms with Gasteiger partial charge in [-0.05, 0) is 34.8 Å². The zero-order chi connectivity index (χ0) is 13.8. The van der Waals surface area contributed by atoms with Crippen LogP contribution in [0.4, 0.5) is 0 Å². The Balaban J connectivity index is 2.69. The summed E-state index contributed by atoms with van der Waals surface area (Å²) in [5.74, 6) is -0.108. The maximum Gasteiger partial charge on any atom is 0.267 e. The molecular formula is C13H21BrN2O2. The highest BCUT2D eigenvalue weighted by Crippen LogP contribution is 2.24. The number of hydrogen-bond acceptors (Lipinski definition) is 2. The minimum absolute atomic E-state index is 0.0944. The van der Waals surface area contributed by atoms with E-state index in [9.17, 15) is 9.90 Å². The molecule has 0 aliphatic heterocycles. The lowest BCUT2D eigenvalue weighted by atomic mass is 9.83. The highest BCUT2D eigenvalue weighted by Gasteiger charge is 2.26. The molecule has 0 spiro atoms. The van der Waals surface area contributed by atoms with Crippen LogP contribution in [0.2, 0.25) is 0 Å². The first-order valence-corrected chi connectivity index (χ1v) is 6.98. The third-order valence-corrected chi connectivity index (χ3v) is 4.10. The number of carbonyl (C=O) groups is 1. The molecule has 1 amide bonds. The van der Waals surface area contributed by atoms with Crippen molar-refractivity contribution in [3.8, 4) is 0 Å². The van der Waals surface area contributed by atoms with Crippen molar-refractivity contribution < 1.29 is 9.90 Å². The second-order valence-corrected chi connectivity index (χ2v) is 5.62. The van der Waals surface area contributed by atoms with Crippen molar-refractivity contribution in [3.63, 3.8) is 0 Å². The summed E-state index contributed by atoms with van der Waals surface area (Å²) in [6.45, 7) is 4.66. The van der Waals surface area contributed by atoms with Gasteiger partial charge in [-0.2, -0.15) is 0 Å². The monoisotopic (exact) mass is 316 g/mol. The predicted molar refractivity (Wildman–Crippen MR) is 75.5 cm³/mol. The molecule has 0 saturated carbocycles. The van der Waals surface area contributed by atoms with E-state index in [0.29, 0.717) is 12.2 Å². The summed E-state index contributed by atoms with van der Waals surface area (Å²) in [6.07, 6.45) is 3.53. The van der Waals surface area contributed by atoms with Gasteiger partial charge in [0.1, 0.15) is 5.69 Å². The number of aliphatic hydroxyl groups is 1. The van der Waals surface area contributed by atoms with Crippen LogP contribution < -0.4 is 5.32 Å². The number of rotatable bonds is 6. The largest absolute Gasteiger partial charge is 0.396 e. The maximum atomic E-state index is 12.0. The van der Waals surface area contributed by atoms with Gasteiger partial charge in [-0.25, -0.2) is 0 Å². The molecule has 0 bridgehead atoms. The zero-order valence-electron chi connectivity index (χ0n) is 11.2. The Kier molecular flexibility index (Phi) is 5.41. The summed E-state index contributed by atoms with van der Waals surface area (Å²) < 4.78 is 2.66. The molecule has 1 aromatic rings. The summed E-state index contributed by atoms with van der Waals surface area (Å²) >= 11 is 3.34. The van der Waals surface area contributed by atoms with Crippen molar-refractivity contribution in [2.45, 2.75) is 26.7 Å². The molecular weight excluding hydrogens is 296 g/mol. The number of aryl methyl sites for hydroxylation is 1. The van der Waals surface area contributed by atoms with Gasteiger partial charge in [-0.3, -0.25) is 4.79 Å². The van der Waals surface area contributed by atoms with E-state index in [1.54, 1.807) is 10.6 Å². The van der Waals surface area contributed by atoms with Crippen LogP contribution in [-0.2, 0) is 7.05 Å². The van der Waals surface area contributed by atoms with Crippen molar-refractivity contribution in [1.82, 2.24) is 9.88 Å². The Hall–Kier alpha value is -0.810. The van der Waals surface area contributed by atoms with E-state index in [1.165, 1.54) is 0 Å². The highest BCUT2D eigenvalue weighted by molar-refractivity contribution is 9.10. The number of aromatic nitrogens is 1. The molecule has 0 atom stereocenters. The highest BCUT2D eigenvalue weighted by atomic mass is 79.9. The number of nitrogens with one attached hydrogen (secondary N) is 1. The molecule has 102 valence electrons. The van der Waals surface area contributed by atoms with Crippen LogP contribution in [-0.4, -0.2) is 28.7 Å². The molecule has 0 unspecified atom stereocenters. The number of carbonyl (C=O) groups excluding carboxylic acids is 1. The fraction of sp³-hybridized carbons (Fsp3) is 0.615. The third-order valence-electron chi connectivity index (χ3n) is 3.66. The lowest BCUT2D eigenvalue weighted by molar-refractivity contribution is 0.0844. The van der Waals surface area contributed by atoms with Gasteiger partial charge in [0.2, 0.25) is 0 Å². The number of hydrogen-bond donors (Lipinski definition) is 2. The average molecular weight is 317 g/mol. The lowest BCUT2D eigenvalue weighted by Gasteiger charge is -2.29. The van der Waals surface area contributed by atoms with Crippen molar-refractivity contribution in [2.24, 2.45) is 12.5 Å². The first-order chi connectivity index (χ1) is 8.48. The van der Waals surface area contributed by atoms with Gasteiger partial charge in [0, 0.05) is 29.7 Å². The van der Waals surface area contributed by atoms with Crippen LogP contribution in [0.15, 0.2) is 16.7 Å². The fourth-order valence-corrected chi connectivity index (χ4v) is 2.41. The third kappa shape index (κ3) is 3.36. The van der Waals surface area contributed by atoms with Crippen LogP contribution in [0.3, 0.4) is 0 Å². The lowest BCUT2D eigenvalue weighted by Crippen LogP contribution is -2.39. The van der Waals surface area contributed by atoms with E-state index in [2.05, 4.69) is 21.2 Å². The molecule has 5 heteroatoms. The molecule has 18 heavy (non-hydrogen) atoms. The molecule has 1 aromatic heterocycles. The normalized spacial score (nSPS) is 11.6. The molecule has 0 radical (unpaired) electrons. The quantitative estimate of drug-likeness (QED) is 0.846. The minimum Gasteiger partial charge on any atom is -0.396 e. The second kappa shape index (κ2) is 6.38. The minimum atomic E-state index is -0.210. The van der Waals surface area contributed by atoms with Gasteiger partial charge >= 0.3 is 0 Å². The Morgan fingerprint density at radius 1 is 1.50 bits per heavy atom. The SMILES string of the molecule is CCC(CC)(CO)CNC(=O)c1cc(Br)cn1C. The molecule has 0 aromatic carbocycles. The Morgan fingerprint density at radius 2 is 2.11 bits per heavy atom. The summed E-state index contributed by atoms with van der Waals surface area (Å²) in [5, 5.41) is 12.4. The smallest absolute Gasteiger partial charge is 0.267 e. The molecule has 1 rings (SSSR count). The maximum absolute atomic E-state index is 12.0. The first-order valence-electron chi connectivity index (χ1n) is 6.19. The fourth-order valence-electron chi connectivity index (χ4n) is 1.89. The molecule has 0 fully saturated rings. The van der Waals surface area contributed by atoms with Crippen molar-refractivity contribution >= 4 is 21.8 Å². The summed E-state index contributed by atoms with van der Waals surface area (Å²) in [4.78, 5) is 12.0. The molecule has 1 heterocycles. The molecule has 4 nitrogen and oxygen atoms in total. The Bertz CT molecular complexity index is 403. The molecule has 0 aliphatic rings. The molecule has 0 saturated heterocycles. The Morgan fingerprint density at radius 3 is 2.50 bits per heavy atom. The summed E-state index contributed by atoms with van der Waals surface area (Å²) in [7, 11) is 1.83. The molecule has 2 N–H and O–H groups in total. The van der Waals surface area contributed by atoms with Gasteiger partial charge in [0.05, 0.1) is 6.61 Å². The van der Waals surface area contributed by atoms with Gasteiger partial charge in [-0.1, -0.05) is 13.8 Å². The second-order valence-electron chi connectivity index (χ2n) is 4.70. The van der Waals surface area contributed by atoms with Gasteiger partial charge < -0.3 is 15.0 Å². The van der Waals surface area contributed by atoms with Gasteiger partial charge in [0.25, 0.3) is 5.91 Å². The van der Waals surface area contributed by atoms with Crippen molar-refractivity contribution in [2.75, 3.05) is 13.2 Å². The zero-order valence-corrected chi connectivity index (χ0v) is 12.7.